The van der Waals surface area contributed by atoms with Gasteiger partial charge in [-0.05, 0) is 18.1 Å². The van der Waals surface area contributed by atoms with Gasteiger partial charge in [0.25, 0.3) is 0 Å². The third kappa shape index (κ3) is 2.78. The molecule has 2 heterocycles. The van der Waals surface area contributed by atoms with Crippen LogP contribution in [-0.2, 0) is 0 Å². The Labute approximate surface area is 96.3 Å². The molecule has 2 N–H and O–H groups in total. The monoisotopic (exact) mass is 221 g/mol. The average molecular weight is 221 g/mol. The number of hydrogen-bond acceptors (Lipinski definition) is 4. The van der Waals surface area contributed by atoms with Gasteiger partial charge in [-0.15, -0.1) is 0 Å². The van der Waals surface area contributed by atoms with E-state index in [1.807, 2.05) is 12.3 Å². The number of piperazine rings is 1. The van der Waals surface area contributed by atoms with Crippen molar-refractivity contribution in [2.45, 2.75) is 12.5 Å². The minimum Gasteiger partial charge on any atom is -0.396 e. The van der Waals surface area contributed by atoms with Crippen LogP contribution in [0.2, 0.25) is 0 Å². The van der Waals surface area contributed by atoms with Crippen molar-refractivity contribution in [1.82, 2.24) is 15.2 Å². The number of nitrogens with one attached hydrogen (secondary N) is 1. The molecule has 1 fully saturated rings. The van der Waals surface area contributed by atoms with Gasteiger partial charge in [0.1, 0.15) is 0 Å². The normalized spacial score (nSPS) is 19.6. The second-order valence-corrected chi connectivity index (χ2v) is 4.10. The van der Waals surface area contributed by atoms with Gasteiger partial charge in [0.05, 0.1) is 0 Å². The first-order valence-electron chi connectivity index (χ1n) is 5.87. The molecule has 2 rings (SSSR count). The van der Waals surface area contributed by atoms with E-state index in [1.165, 1.54) is 5.56 Å². The van der Waals surface area contributed by atoms with E-state index >= 15 is 0 Å². The predicted octanol–water partition coefficient (Wildman–Crippen LogP) is 0.410. The van der Waals surface area contributed by atoms with Crippen LogP contribution >= 0.6 is 0 Å². The quantitative estimate of drug-likeness (QED) is 0.773. The Hall–Kier alpha value is -0.970. The first kappa shape index (κ1) is 11.5. The number of hydrogen-bond donors (Lipinski definition) is 2. The summed E-state index contributed by atoms with van der Waals surface area (Å²) >= 11 is 0. The number of aliphatic hydroxyl groups excluding tert-OH is 1. The molecule has 0 spiro atoms. The fourth-order valence-electron chi connectivity index (χ4n) is 2.25. The summed E-state index contributed by atoms with van der Waals surface area (Å²) in [5, 5.41) is 12.5. The van der Waals surface area contributed by atoms with Crippen molar-refractivity contribution in [3.05, 3.63) is 30.1 Å². The van der Waals surface area contributed by atoms with Crippen LogP contribution in [0.15, 0.2) is 24.5 Å². The third-order valence-electron chi connectivity index (χ3n) is 3.06. The average Bonchev–Trinajstić information content (AvgIpc) is 2.38. The molecule has 0 aliphatic carbocycles. The molecule has 0 aromatic carbocycles. The van der Waals surface area contributed by atoms with Crippen molar-refractivity contribution in [1.29, 1.82) is 0 Å². The minimum absolute atomic E-state index is 0.226. The lowest BCUT2D eigenvalue weighted by molar-refractivity contribution is 0.141. The Morgan fingerprint density at radius 2 is 2.25 bits per heavy atom. The Kier molecular flexibility index (Phi) is 4.27. The van der Waals surface area contributed by atoms with E-state index in [0.717, 1.165) is 32.6 Å². The van der Waals surface area contributed by atoms with E-state index in [9.17, 15) is 0 Å². The van der Waals surface area contributed by atoms with E-state index in [2.05, 4.69) is 21.3 Å². The first-order valence-corrected chi connectivity index (χ1v) is 5.87. The lowest BCUT2D eigenvalue weighted by atomic mass is 10.0. The van der Waals surface area contributed by atoms with Gasteiger partial charge >= 0.3 is 0 Å². The van der Waals surface area contributed by atoms with Crippen LogP contribution in [0.1, 0.15) is 18.0 Å². The zero-order valence-electron chi connectivity index (χ0n) is 9.47. The lowest BCUT2D eigenvalue weighted by Crippen LogP contribution is -2.45. The molecule has 1 atom stereocenters. The van der Waals surface area contributed by atoms with Crippen LogP contribution in [-0.4, -0.2) is 47.8 Å². The van der Waals surface area contributed by atoms with Crippen LogP contribution in [0.4, 0.5) is 0 Å². The van der Waals surface area contributed by atoms with E-state index in [-0.39, 0.29) is 6.61 Å². The Balaban J connectivity index is 2.09. The molecule has 1 aromatic rings. The molecule has 1 aliphatic heterocycles. The molecular weight excluding hydrogens is 202 g/mol. The maximum Gasteiger partial charge on any atom is 0.0449 e. The summed E-state index contributed by atoms with van der Waals surface area (Å²) in [6.07, 6.45) is 4.48. The van der Waals surface area contributed by atoms with Crippen molar-refractivity contribution in [3.63, 3.8) is 0 Å². The smallest absolute Gasteiger partial charge is 0.0449 e. The molecule has 0 bridgehead atoms. The summed E-state index contributed by atoms with van der Waals surface area (Å²) in [5.74, 6) is 0. The van der Waals surface area contributed by atoms with Crippen molar-refractivity contribution >= 4 is 0 Å². The maximum atomic E-state index is 9.17. The molecule has 1 unspecified atom stereocenters. The molecule has 88 valence electrons. The van der Waals surface area contributed by atoms with Crippen LogP contribution in [0.5, 0.6) is 0 Å². The molecule has 4 heteroatoms. The van der Waals surface area contributed by atoms with Gasteiger partial charge < -0.3 is 10.4 Å². The highest BCUT2D eigenvalue weighted by atomic mass is 16.3. The van der Waals surface area contributed by atoms with Gasteiger partial charge in [0.2, 0.25) is 0 Å². The number of rotatable bonds is 4. The number of pyridine rings is 1. The molecule has 0 saturated carbocycles. The first-order chi connectivity index (χ1) is 7.92. The second-order valence-electron chi connectivity index (χ2n) is 4.10. The van der Waals surface area contributed by atoms with E-state index < -0.39 is 0 Å². The van der Waals surface area contributed by atoms with Crippen LogP contribution in [0, 0.1) is 0 Å². The van der Waals surface area contributed by atoms with Crippen LogP contribution in [0.25, 0.3) is 0 Å². The molecule has 0 amide bonds. The van der Waals surface area contributed by atoms with Crippen molar-refractivity contribution in [2.75, 3.05) is 32.8 Å². The Morgan fingerprint density at radius 1 is 1.44 bits per heavy atom. The van der Waals surface area contributed by atoms with Gasteiger partial charge in [-0.2, -0.15) is 0 Å². The van der Waals surface area contributed by atoms with Crippen molar-refractivity contribution in [2.24, 2.45) is 0 Å². The van der Waals surface area contributed by atoms with E-state index in [1.54, 1.807) is 6.20 Å². The van der Waals surface area contributed by atoms with E-state index in [0.29, 0.717) is 6.04 Å². The number of aromatic nitrogens is 1. The fourth-order valence-corrected chi connectivity index (χ4v) is 2.25. The molecule has 4 nitrogen and oxygen atoms in total. The van der Waals surface area contributed by atoms with Crippen LogP contribution < -0.4 is 5.32 Å². The zero-order chi connectivity index (χ0) is 11.2. The number of aliphatic hydroxyl groups is 1. The topological polar surface area (TPSA) is 48.4 Å². The maximum absolute atomic E-state index is 9.17. The Bertz CT molecular complexity index is 298. The fraction of sp³-hybridized carbons (Fsp3) is 0.583. The molecule has 16 heavy (non-hydrogen) atoms. The largest absolute Gasteiger partial charge is 0.396 e. The SMILES string of the molecule is OCCC(c1cccnc1)N1CCNCC1. The summed E-state index contributed by atoms with van der Waals surface area (Å²) < 4.78 is 0. The Morgan fingerprint density at radius 3 is 2.88 bits per heavy atom. The summed E-state index contributed by atoms with van der Waals surface area (Å²) in [4.78, 5) is 6.58. The summed E-state index contributed by atoms with van der Waals surface area (Å²) in [6, 6.07) is 4.36. The molecule has 1 aromatic heterocycles. The molecule has 0 radical (unpaired) electrons. The minimum atomic E-state index is 0.226. The summed E-state index contributed by atoms with van der Waals surface area (Å²) in [6.45, 7) is 4.37. The standard InChI is InChI=1S/C12H19N3O/c16-9-3-12(11-2-1-4-14-10-11)15-7-5-13-6-8-15/h1-2,4,10,12-13,16H,3,5-9H2. The lowest BCUT2D eigenvalue weighted by Gasteiger charge is -2.34. The van der Waals surface area contributed by atoms with E-state index in [4.69, 9.17) is 5.11 Å². The second kappa shape index (κ2) is 5.94. The molecular formula is C12H19N3O. The van der Waals surface area contributed by atoms with Gasteiger partial charge in [-0.3, -0.25) is 9.88 Å². The van der Waals surface area contributed by atoms with Gasteiger partial charge in [0, 0.05) is 51.2 Å². The highest BCUT2D eigenvalue weighted by Gasteiger charge is 2.21. The summed E-state index contributed by atoms with van der Waals surface area (Å²) in [5.41, 5.74) is 1.21. The molecule has 1 aliphatic rings. The van der Waals surface area contributed by atoms with Gasteiger partial charge in [-0.1, -0.05) is 6.07 Å². The highest BCUT2D eigenvalue weighted by Crippen LogP contribution is 2.23. The van der Waals surface area contributed by atoms with Crippen molar-refractivity contribution < 1.29 is 5.11 Å². The predicted molar refractivity (Wildman–Crippen MR) is 63.1 cm³/mol. The highest BCUT2D eigenvalue weighted by molar-refractivity contribution is 5.14. The zero-order valence-corrected chi connectivity index (χ0v) is 9.47. The van der Waals surface area contributed by atoms with Gasteiger partial charge in [0.15, 0.2) is 0 Å². The number of nitrogens with zero attached hydrogens (tertiary/aromatic N) is 2. The third-order valence-corrected chi connectivity index (χ3v) is 3.06. The van der Waals surface area contributed by atoms with Crippen molar-refractivity contribution in [3.8, 4) is 0 Å². The van der Waals surface area contributed by atoms with Crippen LogP contribution in [0.3, 0.4) is 0 Å². The summed E-state index contributed by atoms with van der Waals surface area (Å²) in [7, 11) is 0. The van der Waals surface area contributed by atoms with Gasteiger partial charge in [-0.25, -0.2) is 0 Å². The molecule has 1 saturated heterocycles.